The van der Waals surface area contributed by atoms with Crippen LogP contribution in [0.3, 0.4) is 0 Å². The first-order valence-electron chi connectivity index (χ1n) is 6.24. The molecule has 0 saturated heterocycles. The van der Waals surface area contributed by atoms with E-state index in [-0.39, 0.29) is 5.69 Å². The Labute approximate surface area is 120 Å². The van der Waals surface area contributed by atoms with Gasteiger partial charge in [0.1, 0.15) is 11.9 Å². The number of pyridine rings is 1. The Bertz CT molecular complexity index is 778. The molecule has 7 heteroatoms. The highest BCUT2D eigenvalue weighted by Gasteiger charge is 2.09. The van der Waals surface area contributed by atoms with Crippen molar-refractivity contribution in [2.45, 2.75) is 6.92 Å². The summed E-state index contributed by atoms with van der Waals surface area (Å²) in [5.74, 6) is 0.478. The Balaban J connectivity index is 1.90. The first-order chi connectivity index (χ1) is 10.1. The maximum atomic E-state index is 10.6. The summed E-state index contributed by atoms with van der Waals surface area (Å²) in [6, 6.07) is 10.8. The third-order valence-electron chi connectivity index (χ3n) is 3.02. The van der Waals surface area contributed by atoms with Gasteiger partial charge in [0, 0.05) is 11.6 Å². The topological polar surface area (TPSA) is 86.7 Å². The minimum Gasteiger partial charge on any atom is -0.258 e. The van der Waals surface area contributed by atoms with Crippen molar-refractivity contribution in [3.05, 3.63) is 64.5 Å². The molecule has 2 aromatic heterocycles. The average molecular weight is 281 g/mol. The standard InChI is InChI=1S/C14H11N5O2/c1-10-2-4-11(5-3-10)13-9-18(17-16-13)14-7-6-12(8-15-14)19(20)21/h2-9H,1H3. The lowest BCUT2D eigenvalue weighted by Crippen LogP contribution is -1.98. The summed E-state index contributed by atoms with van der Waals surface area (Å²) in [5, 5.41) is 18.7. The molecule has 3 rings (SSSR count). The van der Waals surface area contributed by atoms with E-state index < -0.39 is 4.92 Å². The Morgan fingerprint density at radius 1 is 1.14 bits per heavy atom. The van der Waals surface area contributed by atoms with E-state index in [2.05, 4.69) is 15.3 Å². The zero-order valence-electron chi connectivity index (χ0n) is 11.2. The second-order valence-electron chi connectivity index (χ2n) is 4.55. The van der Waals surface area contributed by atoms with Gasteiger partial charge in [-0.05, 0) is 13.0 Å². The van der Waals surface area contributed by atoms with Crippen molar-refractivity contribution in [1.82, 2.24) is 20.0 Å². The predicted octanol–water partition coefficient (Wildman–Crippen LogP) is 2.55. The van der Waals surface area contributed by atoms with Crippen LogP contribution in [0.1, 0.15) is 5.56 Å². The van der Waals surface area contributed by atoms with Gasteiger partial charge in [-0.2, -0.15) is 0 Å². The van der Waals surface area contributed by atoms with E-state index >= 15 is 0 Å². The summed E-state index contributed by atoms with van der Waals surface area (Å²) in [4.78, 5) is 14.1. The molecular formula is C14H11N5O2. The van der Waals surface area contributed by atoms with Crippen molar-refractivity contribution < 1.29 is 4.92 Å². The van der Waals surface area contributed by atoms with Gasteiger partial charge >= 0.3 is 0 Å². The number of rotatable bonds is 3. The van der Waals surface area contributed by atoms with Crippen molar-refractivity contribution >= 4 is 5.69 Å². The van der Waals surface area contributed by atoms with E-state index in [1.165, 1.54) is 28.6 Å². The Morgan fingerprint density at radius 3 is 2.52 bits per heavy atom. The van der Waals surface area contributed by atoms with Gasteiger partial charge < -0.3 is 0 Å². The molecule has 0 aliphatic rings. The second kappa shape index (κ2) is 5.12. The van der Waals surface area contributed by atoms with Crippen molar-refractivity contribution in [2.75, 3.05) is 0 Å². The van der Waals surface area contributed by atoms with Gasteiger partial charge in [-0.25, -0.2) is 9.67 Å². The van der Waals surface area contributed by atoms with Crippen LogP contribution in [0.15, 0.2) is 48.8 Å². The summed E-state index contributed by atoms with van der Waals surface area (Å²) in [5.41, 5.74) is 2.78. The number of aromatic nitrogens is 4. The summed E-state index contributed by atoms with van der Waals surface area (Å²) in [6.07, 6.45) is 2.93. The Hall–Kier alpha value is -3.09. The molecule has 7 nitrogen and oxygen atoms in total. The fraction of sp³-hybridized carbons (Fsp3) is 0.0714. The number of benzene rings is 1. The van der Waals surface area contributed by atoms with Gasteiger partial charge in [0.15, 0.2) is 5.82 Å². The number of aryl methyl sites for hydroxylation is 1. The van der Waals surface area contributed by atoms with E-state index in [4.69, 9.17) is 0 Å². The number of hydrogen-bond acceptors (Lipinski definition) is 5. The van der Waals surface area contributed by atoms with Crippen LogP contribution < -0.4 is 0 Å². The lowest BCUT2D eigenvalue weighted by Gasteiger charge is -1.98. The van der Waals surface area contributed by atoms with Gasteiger partial charge in [-0.15, -0.1) is 5.10 Å². The molecule has 0 spiro atoms. The first-order valence-corrected chi connectivity index (χ1v) is 6.24. The molecule has 0 aliphatic heterocycles. The molecule has 0 amide bonds. The minimum absolute atomic E-state index is 0.0578. The molecule has 0 N–H and O–H groups in total. The average Bonchev–Trinajstić information content (AvgIpc) is 2.98. The normalized spacial score (nSPS) is 10.5. The molecule has 104 valence electrons. The van der Waals surface area contributed by atoms with Gasteiger partial charge in [0.25, 0.3) is 5.69 Å². The zero-order chi connectivity index (χ0) is 14.8. The molecule has 2 heterocycles. The maximum absolute atomic E-state index is 10.6. The lowest BCUT2D eigenvalue weighted by atomic mass is 10.1. The SMILES string of the molecule is Cc1ccc(-c2cn(-c3ccc([N+](=O)[O-])cn3)nn2)cc1. The molecule has 21 heavy (non-hydrogen) atoms. The van der Waals surface area contributed by atoms with E-state index in [9.17, 15) is 10.1 Å². The molecule has 0 bridgehead atoms. The van der Waals surface area contributed by atoms with Gasteiger partial charge in [0.2, 0.25) is 0 Å². The highest BCUT2D eigenvalue weighted by molar-refractivity contribution is 5.58. The van der Waals surface area contributed by atoms with Gasteiger partial charge in [0.05, 0.1) is 11.1 Å². The van der Waals surface area contributed by atoms with E-state index in [1.54, 1.807) is 6.20 Å². The lowest BCUT2D eigenvalue weighted by molar-refractivity contribution is -0.385. The van der Waals surface area contributed by atoms with Crippen LogP contribution in [-0.4, -0.2) is 24.9 Å². The van der Waals surface area contributed by atoms with E-state index in [0.29, 0.717) is 5.82 Å². The molecule has 1 aromatic carbocycles. The van der Waals surface area contributed by atoms with Crippen LogP contribution in [0.5, 0.6) is 0 Å². The molecule has 0 saturated carbocycles. The van der Waals surface area contributed by atoms with Gasteiger partial charge in [-0.3, -0.25) is 10.1 Å². The first kappa shape index (κ1) is 12.9. The zero-order valence-corrected chi connectivity index (χ0v) is 11.2. The largest absolute Gasteiger partial charge is 0.287 e. The highest BCUT2D eigenvalue weighted by Crippen LogP contribution is 2.18. The fourth-order valence-electron chi connectivity index (χ4n) is 1.85. The van der Waals surface area contributed by atoms with Crippen LogP contribution in [0, 0.1) is 17.0 Å². The monoisotopic (exact) mass is 281 g/mol. The van der Waals surface area contributed by atoms with Crippen LogP contribution in [0.2, 0.25) is 0 Å². The molecule has 0 fully saturated rings. The van der Waals surface area contributed by atoms with Crippen molar-refractivity contribution in [1.29, 1.82) is 0 Å². The second-order valence-corrected chi connectivity index (χ2v) is 4.55. The molecule has 0 radical (unpaired) electrons. The fourth-order valence-corrected chi connectivity index (χ4v) is 1.85. The summed E-state index contributed by atoms with van der Waals surface area (Å²) >= 11 is 0. The van der Waals surface area contributed by atoms with Crippen LogP contribution in [0.25, 0.3) is 17.1 Å². The molecule has 3 aromatic rings. The summed E-state index contributed by atoms with van der Waals surface area (Å²) in [6.45, 7) is 2.02. The van der Waals surface area contributed by atoms with Crippen molar-refractivity contribution in [2.24, 2.45) is 0 Å². The predicted molar refractivity (Wildman–Crippen MR) is 76.0 cm³/mol. The number of nitro groups is 1. The Morgan fingerprint density at radius 2 is 1.90 bits per heavy atom. The summed E-state index contributed by atoms with van der Waals surface area (Å²) < 4.78 is 1.49. The highest BCUT2D eigenvalue weighted by atomic mass is 16.6. The third kappa shape index (κ3) is 2.62. The van der Waals surface area contributed by atoms with E-state index in [1.807, 2.05) is 31.2 Å². The molecule has 0 aliphatic carbocycles. The number of nitrogens with zero attached hydrogens (tertiary/aromatic N) is 5. The number of hydrogen-bond donors (Lipinski definition) is 0. The van der Waals surface area contributed by atoms with Crippen molar-refractivity contribution in [3.63, 3.8) is 0 Å². The minimum atomic E-state index is -0.490. The molecule has 0 atom stereocenters. The van der Waals surface area contributed by atoms with Crippen LogP contribution in [-0.2, 0) is 0 Å². The van der Waals surface area contributed by atoms with Crippen LogP contribution >= 0.6 is 0 Å². The third-order valence-corrected chi connectivity index (χ3v) is 3.02. The smallest absolute Gasteiger partial charge is 0.258 e. The van der Waals surface area contributed by atoms with Gasteiger partial charge in [-0.1, -0.05) is 35.0 Å². The summed E-state index contributed by atoms with van der Waals surface area (Å²) in [7, 11) is 0. The van der Waals surface area contributed by atoms with E-state index in [0.717, 1.165) is 11.3 Å². The van der Waals surface area contributed by atoms with Crippen molar-refractivity contribution in [3.8, 4) is 17.1 Å². The Kier molecular flexibility index (Phi) is 3.15. The quantitative estimate of drug-likeness (QED) is 0.544. The molecule has 0 unspecified atom stereocenters. The maximum Gasteiger partial charge on any atom is 0.287 e. The molecular weight excluding hydrogens is 270 g/mol. The van der Waals surface area contributed by atoms with Crippen LogP contribution in [0.4, 0.5) is 5.69 Å².